The smallest absolute Gasteiger partial charge is 0.0972 e. The van der Waals surface area contributed by atoms with E-state index in [0.717, 1.165) is 55.7 Å². The first-order valence-electron chi connectivity index (χ1n) is 7.86. The fourth-order valence-electron chi connectivity index (χ4n) is 3.03. The summed E-state index contributed by atoms with van der Waals surface area (Å²) in [6, 6.07) is 15.9. The van der Waals surface area contributed by atoms with Gasteiger partial charge in [-0.2, -0.15) is 0 Å². The molecule has 0 saturated carbocycles. The van der Waals surface area contributed by atoms with Crippen molar-refractivity contribution in [2.24, 2.45) is 0 Å². The molecule has 4 rings (SSSR count). The van der Waals surface area contributed by atoms with Crippen molar-refractivity contribution in [2.75, 3.05) is 11.5 Å². The van der Waals surface area contributed by atoms with E-state index in [4.69, 9.17) is 21.4 Å². The number of hydrogen-bond donors (Lipinski definition) is 2. The zero-order valence-electron chi connectivity index (χ0n) is 13.7. The molecule has 0 amide bonds. The van der Waals surface area contributed by atoms with Crippen molar-refractivity contribution >= 4 is 33.4 Å². The molecular weight excluding hydrogens is 296 g/mol. The Hall–Kier alpha value is -3.14. The van der Waals surface area contributed by atoms with E-state index in [1.165, 1.54) is 0 Å². The predicted octanol–water partition coefficient (Wildman–Crippen LogP) is 4.23. The fraction of sp³-hybridized carbons (Fsp3) is 0.100. The second-order valence-corrected chi connectivity index (χ2v) is 6.11. The maximum atomic E-state index is 6.08. The summed E-state index contributed by atoms with van der Waals surface area (Å²) in [4.78, 5) is 9.61. The zero-order valence-corrected chi connectivity index (χ0v) is 13.7. The molecule has 0 aliphatic rings. The number of nitrogens with two attached hydrogens (primary N) is 2. The quantitative estimate of drug-likeness (QED) is 0.407. The van der Waals surface area contributed by atoms with Crippen molar-refractivity contribution in [3.63, 3.8) is 0 Å². The average molecular weight is 314 g/mol. The zero-order chi connectivity index (χ0) is 16.8. The average Bonchev–Trinajstić information content (AvgIpc) is 2.56. The lowest BCUT2D eigenvalue weighted by Gasteiger charge is -2.12. The molecule has 1 heterocycles. The summed E-state index contributed by atoms with van der Waals surface area (Å²) in [5.41, 5.74) is 21.2. The van der Waals surface area contributed by atoms with Crippen LogP contribution < -0.4 is 11.5 Å². The largest absolute Gasteiger partial charge is 0.398 e. The highest BCUT2D eigenvalue weighted by Crippen LogP contribution is 2.32. The molecule has 0 aliphatic heterocycles. The van der Waals surface area contributed by atoms with Crippen LogP contribution >= 0.6 is 0 Å². The SMILES string of the molecule is Cc1cc2nc3c(-c4cccc(N)c4C)cccc3nc2cc1N. The number of nitrogen functional groups attached to an aromatic ring is 2. The van der Waals surface area contributed by atoms with Gasteiger partial charge in [-0.1, -0.05) is 24.3 Å². The molecule has 0 fully saturated rings. The van der Waals surface area contributed by atoms with Gasteiger partial charge in [0, 0.05) is 16.9 Å². The van der Waals surface area contributed by atoms with Crippen LogP contribution in [0.2, 0.25) is 0 Å². The third kappa shape index (κ3) is 2.15. The Labute approximate surface area is 140 Å². The van der Waals surface area contributed by atoms with Gasteiger partial charge in [0.05, 0.1) is 22.1 Å². The minimum Gasteiger partial charge on any atom is -0.398 e. The maximum absolute atomic E-state index is 6.08. The molecule has 0 unspecified atom stereocenters. The summed E-state index contributed by atoms with van der Waals surface area (Å²) in [6.07, 6.45) is 0. The number of aryl methyl sites for hydroxylation is 1. The molecule has 0 bridgehead atoms. The molecule has 1 aromatic heterocycles. The van der Waals surface area contributed by atoms with Crippen LogP contribution in [0, 0.1) is 13.8 Å². The second-order valence-electron chi connectivity index (χ2n) is 6.11. The Kier molecular flexibility index (Phi) is 3.13. The van der Waals surface area contributed by atoms with Crippen LogP contribution in [0.25, 0.3) is 33.2 Å². The van der Waals surface area contributed by atoms with Gasteiger partial charge < -0.3 is 11.5 Å². The van der Waals surface area contributed by atoms with Crippen LogP contribution in [0.5, 0.6) is 0 Å². The molecule has 4 aromatic rings. The first-order chi connectivity index (χ1) is 11.5. The Balaban J connectivity index is 2.08. The molecule has 4 N–H and O–H groups in total. The first kappa shape index (κ1) is 14.5. The van der Waals surface area contributed by atoms with Crippen LogP contribution in [-0.4, -0.2) is 9.97 Å². The number of rotatable bonds is 1. The molecule has 3 aromatic carbocycles. The van der Waals surface area contributed by atoms with Crippen LogP contribution in [0.1, 0.15) is 11.1 Å². The number of fused-ring (bicyclic) bond motifs is 2. The lowest BCUT2D eigenvalue weighted by Crippen LogP contribution is -1.96. The summed E-state index contributed by atoms with van der Waals surface area (Å²) in [7, 11) is 0. The van der Waals surface area contributed by atoms with E-state index < -0.39 is 0 Å². The van der Waals surface area contributed by atoms with E-state index >= 15 is 0 Å². The molecule has 0 radical (unpaired) electrons. The number of para-hydroxylation sites is 1. The van der Waals surface area contributed by atoms with E-state index in [0.29, 0.717) is 0 Å². The molecule has 0 atom stereocenters. The van der Waals surface area contributed by atoms with E-state index in [1.54, 1.807) is 0 Å². The summed E-state index contributed by atoms with van der Waals surface area (Å²) in [6.45, 7) is 4.01. The van der Waals surface area contributed by atoms with Crippen molar-refractivity contribution in [2.45, 2.75) is 13.8 Å². The molecule has 0 spiro atoms. The number of hydrogen-bond acceptors (Lipinski definition) is 4. The lowest BCUT2D eigenvalue weighted by molar-refractivity contribution is 1.37. The predicted molar refractivity (Wildman–Crippen MR) is 101 cm³/mol. The highest BCUT2D eigenvalue weighted by molar-refractivity contribution is 5.97. The Morgan fingerprint density at radius 3 is 2.25 bits per heavy atom. The van der Waals surface area contributed by atoms with Gasteiger partial charge in [0.25, 0.3) is 0 Å². The van der Waals surface area contributed by atoms with Gasteiger partial charge in [0.1, 0.15) is 0 Å². The minimum absolute atomic E-state index is 0.735. The molecule has 0 aliphatic carbocycles. The van der Waals surface area contributed by atoms with Gasteiger partial charge in [-0.15, -0.1) is 0 Å². The van der Waals surface area contributed by atoms with Gasteiger partial charge in [0.15, 0.2) is 0 Å². The number of aromatic nitrogens is 2. The van der Waals surface area contributed by atoms with Crippen LogP contribution in [0.4, 0.5) is 11.4 Å². The van der Waals surface area contributed by atoms with Crippen molar-refractivity contribution in [1.29, 1.82) is 0 Å². The van der Waals surface area contributed by atoms with Crippen molar-refractivity contribution in [3.8, 4) is 11.1 Å². The van der Waals surface area contributed by atoms with Crippen molar-refractivity contribution < 1.29 is 0 Å². The minimum atomic E-state index is 0.735. The summed E-state index contributed by atoms with van der Waals surface area (Å²) in [5, 5.41) is 0. The van der Waals surface area contributed by atoms with E-state index in [-0.39, 0.29) is 0 Å². The van der Waals surface area contributed by atoms with Gasteiger partial charge in [0.2, 0.25) is 0 Å². The van der Waals surface area contributed by atoms with Crippen LogP contribution in [0.15, 0.2) is 48.5 Å². The highest BCUT2D eigenvalue weighted by Gasteiger charge is 2.11. The molecule has 118 valence electrons. The topological polar surface area (TPSA) is 77.8 Å². The highest BCUT2D eigenvalue weighted by atomic mass is 14.8. The molecule has 4 heteroatoms. The Bertz CT molecular complexity index is 1100. The fourth-order valence-corrected chi connectivity index (χ4v) is 3.03. The molecule has 24 heavy (non-hydrogen) atoms. The number of anilines is 2. The van der Waals surface area contributed by atoms with Gasteiger partial charge in [-0.25, -0.2) is 9.97 Å². The van der Waals surface area contributed by atoms with Crippen LogP contribution in [0.3, 0.4) is 0 Å². The third-order valence-corrected chi connectivity index (χ3v) is 4.52. The first-order valence-corrected chi connectivity index (χ1v) is 7.86. The van der Waals surface area contributed by atoms with Crippen molar-refractivity contribution in [1.82, 2.24) is 9.97 Å². The summed E-state index contributed by atoms with van der Waals surface area (Å²) >= 11 is 0. The standard InChI is InChI=1S/C20H18N4/c1-11-9-18-19(10-16(11)22)23-17-8-4-6-14(20(17)24-18)13-5-3-7-15(21)12(13)2/h3-10H,21-22H2,1-2H3. The van der Waals surface area contributed by atoms with Gasteiger partial charge in [-0.3, -0.25) is 0 Å². The number of nitrogens with zero attached hydrogens (tertiary/aromatic N) is 2. The van der Waals surface area contributed by atoms with Gasteiger partial charge >= 0.3 is 0 Å². The van der Waals surface area contributed by atoms with E-state index in [1.807, 2.05) is 50.2 Å². The molecular formula is C20H18N4. The Morgan fingerprint density at radius 2 is 1.42 bits per heavy atom. The summed E-state index contributed by atoms with van der Waals surface area (Å²) in [5.74, 6) is 0. The monoisotopic (exact) mass is 314 g/mol. The lowest BCUT2D eigenvalue weighted by atomic mass is 9.98. The van der Waals surface area contributed by atoms with Crippen molar-refractivity contribution in [3.05, 3.63) is 59.7 Å². The van der Waals surface area contributed by atoms with Gasteiger partial charge in [-0.05, 0) is 54.8 Å². The second kappa shape index (κ2) is 5.20. The summed E-state index contributed by atoms with van der Waals surface area (Å²) < 4.78 is 0. The third-order valence-electron chi connectivity index (χ3n) is 4.52. The van der Waals surface area contributed by atoms with E-state index in [9.17, 15) is 0 Å². The molecule has 0 saturated heterocycles. The van der Waals surface area contributed by atoms with Crippen LogP contribution in [-0.2, 0) is 0 Å². The Morgan fingerprint density at radius 1 is 0.708 bits per heavy atom. The molecule has 4 nitrogen and oxygen atoms in total. The maximum Gasteiger partial charge on any atom is 0.0972 e. The number of benzene rings is 3. The normalized spacial score (nSPS) is 11.2. The van der Waals surface area contributed by atoms with E-state index in [2.05, 4.69) is 12.1 Å².